The first-order valence-corrected chi connectivity index (χ1v) is 19.5. The monoisotopic (exact) mass is 711 g/mol. The molecule has 10 heteroatoms. The maximum Gasteiger partial charge on any atom is 0.159 e. The Morgan fingerprint density at radius 2 is 0.875 bits per heavy atom. The zero-order valence-corrected chi connectivity index (χ0v) is 33.0. The summed E-state index contributed by atoms with van der Waals surface area (Å²) in [6.45, 7) is 0. The molecule has 0 N–H and O–H groups in total. The summed E-state index contributed by atoms with van der Waals surface area (Å²) in [6.07, 6.45) is 0. The maximum atomic E-state index is 6.90. The Kier molecular flexibility index (Phi) is 7.97. The van der Waals surface area contributed by atoms with Crippen molar-refractivity contribution in [1.29, 1.82) is 0 Å². The molecule has 0 fully saturated rings. The van der Waals surface area contributed by atoms with E-state index in [2.05, 4.69) is 193 Å². The lowest BCUT2D eigenvalue weighted by molar-refractivity contribution is 0.673. The summed E-state index contributed by atoms with van der Waals surface area (Å²) in [4.78, 5) is 2.33. The minimum absolute atomic E-state index is 0.867. The van der Waals surface area contributed by atoms with Crippen molar-refractivity contribution in [1.82, 2.24) is 0 Å². The van der Waals surface area contributed by atoms with Crippen molar-refractivity contribution >= 4 is 165 Å². The van der Waals surface area contributed by atoms with Crippen LogP contribution in [0.15, 0.2) is 142 Å². The summed E-state index contributed by atoms with van der Waals surface area (Å²) in [6, 6.07) is 47.8. The topological polar surface area (TPSA) is 29.5 Å². The van der Waals surface area contributed by atoms with Crippen molar-refractivity contribution in [2.24, 2.45) is 0 Å². The Balaban J connectivity index is 1.16. The third-order valence-electron chi connectivity index (χ3n) is 12.6. The van der Waals surface area contributed by atoms with Crippen molar-refractivity contribution in [3.63, 3.8) is 0 Å². The number of fused-ring (bicyclic) bond motifs is 8. The molecular weight excluding hydrogens is 674 g/mol. The maximum absolute atomic E-state index is 6.90. The second kappa shape index (κ2) is 13.0. The zero-order chi connectivity index (χ0) is 38.4. The number of anilines is 3. The number of rotatable bonds is 5. The van der Waals surface area contributed by atoms with Crippen LogP contribution in [0.1, 0.15) is 0 Å². The largest absolute Gasteiger partial charge is 0.457 e. The predicted molar refractivity (Wildman–Crippen MR) is 261 cm³/mol. The van der Waals surface area contributed by atoms with E-state index in [4.69, 9.17) is 8.83 Å². The molecule has 10 aromatic rings. The van der Waals surface area contributed by atoms with Crippen molar-refractivity contribution in [3.05, 3.63) is 133 Å². The van der Waals surface area contributed by atoms with Crippen LogP contribution in [0.5, 0.6) is 0 Å². The van der Waals surface area contributed by atoms with Gasteiger partial charge in [-0.15, -0.1) is 5.46 Å². The van der Waals surface area contributed by atoms with Crippen LogP contribution < -0.4 is 43.1 Å². The molecule has 0 unspecified atom stereocenters. The van der Waals surface area contributed by atoms with Gasteiger partial charge in [-0.05, 0) is 64.0 Å². The molecule has 0 bridgehead atoms. The molecule has 0 aliphatic heterocycles. The minimum atomic E-state index is 0.867. The Bertz CT molecular complexity index is 3210. The molecule has 10 rings (SSSR count). The predicted octanol–water partition coefficient (Wildman–Crippen LogP) is 1.25. The van der Waals surface area contributed by atoms with E-state index in [0.717, 1.165) is 55.6 Å². The molecule has 0 radical (unpaired) electrons. The smallest absolute Gasteiger partial charge is 0.159 e. The second-order valence-corrected chi connectivity index (χ2v) is 15.5. The number of para-hydroxylation sites is 1. The van der Waals surface area contributed by atoms with Crippen molar-refractivity contribution in [3.8, 4) is 22.3 Å². The van der Waals surface area contributed by atoms with E-state index in [1.165, 1.54) is 76.7 Å². The van der Waals surface area contributed by atoms with Gasteiger partial charge >= 0.3 is 0 Å². The Morgan fingerprint density at radius 3 is 1.59 bits per heavy atom. The van der Waals surface area contributed by atoms with Gasteiger partial charge in [0.05, 0.1) is 5.69 Å². The number of nitrogens with zero attached hydrogens (tertiary/aromatic N) is 1. The highest BCUT2D eigenvalue weighted by Crippen LogP contribution is 2.44. The third kappa shape index (κ3) is 5.08. The fourth-order valence-corrected chi connectivity index (χ4v) is 9.12. The summed E-state index contributed by atoms with van der Waals surface area (Å²) < 4.78 is 13.6. The molecule has 0 amide bonds. The van der Waals surface area contributed by atoms with E-state index in [-0.39, 0.29) is 0 Å². The van der Waals surface area contributed by atoms with Gasteiger partial charge in [0.2, 0.25) is 0 Å². The first-order chi connectivity index (χ1) is 27.2. The first-order valence-electron chi connectivity index (χ1n) is 19.5. The highest BCUT2D eigenvalue weighted by molar-refractivity contribution is 6.69. The first kappa shape index (κ1) is 34.4. The molecule has 0 aliphatic carbocycles. The third-order valence-corrected chi connectivity index (χ3v) is 12.6. The van der Waals surface area contributed by atoms with Crippen LogP contribution in [0.25, 0.3) is 76.9 Å². The number of hydrogen-bond donors (Lipinski definition) is 0. The van der Waals surface area contributed by atoms with Crippen molar-refractivity contribution in [2.75, 3.05) is 4.90 Å². The molecule has 56 heavy (non-hydrogen) atoms. The van der Waals surface area contributed by atoms with Crippen molar-refractivity contribution in [2.45, 2.75) is 0 Å². The Morgan fingerprint density at radius 1 is 0.339 bits per heavy atom. The average molecular weight is 710 g/mol. The highest BCUT2D eigenvalue weighted by Gasteiger charge is 2.24. The SMILES string of the molecule is Bc1c(B)c(B)c2c(oc3c(B)c(B)c(-c4ccc(N(c5ccc(-c6ccccc6)cc5)c5cccc6c5oc5c7ccccc7ccc65)cc4)c(B)c32)c1B. The number of benzene rings is 8. The molecule has 0 aliphatic rings. The fraction of sp³-hybridized carbons (Fsp3) is 0. The van der Waals surface area contributed by atoms with E-state index in [9.17, 15) is 0 Å². The van der Waals surface area contributed by atoms with Gasteiger partial charge in [0.25, 0.3) is 0 Å². The molecule has 3 nitrogen and oxygen atoms in total. The van der Waals surface area contributed by atoms with E-state index in [0.29, 0.717) is 0 Å². The van der Waals surface area contributed by atoms with E-state index in [1.807, 2.05) is 0 Å². The summed E-state index contributed by atoms with van der Waals surface area (Å²) in [7, 11) is 15.6. The van der Waals surface area contributed by atoms with Gasteiger partial charge in [0.15, 0.2) is 5.58 Å². The van der Waals surface area contributed by atoms with E-state index in [1.54, 1.807) is 0 Å². The van der Waals surface area contributed by atoms with E-state index < -0.39 is 0 Å². The van der Waals surface area contributed by atoms with Crippen LogP contribution >= 0.6 is 0 Å². The van der Waals surface area contributed by atoms with Gasteiger partial charge < -0.3 is 13.7 Å². The van der Waals surface area contributed by atoms with Crippen LogP contribution in [0.4, 0.5) is 17.1 Å². The zero-order valence-electron chi connectivity index (χ0n) is 33.0. The molecule has 0 atom stereocenters. The summed E-state index contributed by atoms with van der Waals surface area (Å²) in [5.41, 5.74) is 20.6. The molecule has 8 aromatic carbocycles. The van der Waals surface area contributed by atoms with Crippen LogP contribution in [-0.4, -0.2) is 54.9 Å². The molecule has 2 aromatic heterocycles. The molecule has 0 saturated heterocycles. The van der Waals surface area contributed by atoms with Gasteiger partial charge in [0, 0.05) is 38.3 Å². The van der Waals surface area contributed by atoms with Gasteiger partial charge in [0.1, 0.15) is 71.7 Å². The van der Waals surface area contributed by atoms with Gasteiger partial charge in [-0.25, -0.2) is 0 Å². The lowest BCUT2D eigenvalue weighted by Crippen LogP contribution is -2.47. The van der Waals surface area contributed by atoms with Gasteiger partial charge in [-0.2, -0.15) is 0 Å². The Hall–Kier alpha value is -6.13. The minimum Gasteiger partial charge on any atom is -0.457 e. The summed E-state index contributed by atoms with van der Waals surface area (Å²) in [5, 5.41) is 6.99. The number of furan rings is 2. The quantitative estimate of drug-likeness (QED) is 0.252. The van der Waals surface area contributed by atoms with Crippen LogP contribution in [0, 0.1) is 0 Å². The molecule has 258 valence electrons. The Labute approximate surface area is 332 Å². The second-order valence-electron chi connectivity index (χ2n) is 15.5. The molecule has 2 heterocycles. The van der Waals surface area contributed by atoms with Gasteiger partial charge in [-0.1, -0.05) is 130 Å². The standard InChI is InChI=1S/C46H36B7NO2/c47-36-33(37(48)41(52)45-34(36)35-38(49)39(50)40(51)42(53)46(35)56-45)26-15-20-28(21-16-26)54(27-18-13-24(14-19-27)23-7-2-1-3-8-23)32-12-6-11-30-31-22-17-25-9-4-5-10-29(25)43(31)55-44(30)32/h1-22H,47-53H2. The lowest BCUT2D eigenvalue weighted by atomic mass is 9.64. The fourth-order valence-electron chi connectivity index (χ4n) is 9.12. The molecule has 0 saturated carbocycles. The molecule has 0 spiro atoms. The van der Waals surface area contributed by atoms with Crippen LogP contribution in [-0.2, 0) is 0 Å². The summed E-state index contributed by atoms with van der Waals surface area (Å²) in [5.74, 6) is 0. The van der Waals surface area contributed by atoms with Crippen LogP contribution in [0.3, 0.4) is 0 Å². The highest BCUT2D eigenvalue weighted by atomic mass is 16.3. The summed E-state index contributed by atoms with van der Waals surface area (Å²) >= 11 is 0. The van der Waals surface area contributed by atoms with Crippen LogP contribution in [0.2, 0.25) is 0 Å². The average Bonchev–Trinajstić information content (AvgIpc) is 3.84. The van der Waals surface area contributed by atoms with Crippen molar-refractivity contribution < 1.29 is 8.83 Å². The molecular formula is C46H36B7NO2. The normalized spacial score (nSPS) is 11.7. The lowest BCUT2D eigenvalue weighted by Gasteiger charge is -2.26. The number of hydrogen-bond acceptors (Lipinski definition) is 3. The van der Waals surface area contributed by atoms with Gasteiger partial charge in [-0.3, -0.25) is 0 Å². The van der Waals surface area contributed by atoms with E-state index >= 15 is 0 Å².